The van der Waals surface area contributed by atoms with Crippen LogP contribution in [0.25, 0.3) is 0 Å². The summed E-state index contributed by atoms with van der Waals surface area (Å²) in [7, 11) is 1.45. The number of rotatable bonds is 6. The highest BCUT2D eigenvalue weighted by molar-refractivity contribution is 5.77. The van der Waals surface area contributed by atoms with Crippen LogP contribution < -0.4 is 4.74 Å². The Bertz CT molecular complexity index is 664. The summed E-state index contributed by atoms with van der Waals surface area (Å²) in [5.41, 5.74) is -1.36. The SMILES string of the molecule is COCC(=O)N1CCN(C2CCCC2)C[C@@](O)(COc2cc(F)cc(F)c2)C1. The summed E-state index contributed by atoms with van der Waals surface area (Å²) in [5.74, 6) is -1.68. The predicted molar refractivity (Wildman–Crippen MR) is 99.1 cm³/mol. The minimum absolute atomic E-state index is 0.0114. The van der Waals surface area contributed by atoms with Crippen LogP contribution in [0.1, 0.15) is 25.7 Å². The minimum Gasteiger partial charge on any atom is -0.490 e. The van der Waals surface area contributed by atoms with Crippen molar-refractivity contribution >= 4 is 5.91 Å². The van der Waals surface area contributed by atoms with Crippen LogP contribution >= 0.6 is 0 Å². The van der Waals surface area contributed by atoms with Crippen molar-refractivity contribution in [2.24, 2.45) is 0 Å². The zero-order valence-electron chi connectivity index (χ0n) is 16.2. The standard InChI is InChI=1S/C20H28F2N2O4/c1-27-11-19(25)24-7-6-23(17-4-2-3-5-17)12-20(26,13-24)14-28-18-9-15(21)8-16(22)10-18/h8-10,17,26H,2-7,11-14H2,1H3/t20-/m0/s1. The normalized spacial score (nSPS) is 24.4. The number of amides is 1. The summed E-state index contributed by atoms with van der Waals surface area (Å²) >= 11 is 0. The van der Waals surface area contributed by atoms with E-state index >= 15 is 0 Å². The molecule has 2 aliphatic rings. The fourth-order valence-electron chi connectivity index (χ4n) is 4.12. The second-order valence-electron chi connectivity index (χ2n) is 7.78. The Morgan fingerprint density at radius 3 is 2.50 bits per heavy atom. The molecule has 156 valence electrons. The van der Waals surface area contributed by atoms with Gasteiger partial charge in [-0.1, -0.05) is 12.8 Å². The molecule has 0 radical (unpaired) electrons. The number of ether oxygens (including phenoxy) is 2. The summed E-state index contributed by atoms with van der Waals surface area (Å²) in [6.07, 6.45) is 4.45. The van der Waals surface area contributed by atoms with Gasteiger partial charge in [0.15, 0.2) is 0 Å². The van der Waals surface area contributed by atoms with Crippen molar-refractivity contribution in [1.82, 2.24) is 9.80 Å². The summed E-state index contributed by atoms with van der Waals surface area (Å²) in [6.45, 7) is 1.35. The molecule has 3 rings (SSSR count). The molecule has 28 heavy (non-hydrogen) atoms. The maximum Gasteiger partial charge on any atom is 0.248 e. The van der Waals surface area contributed by atoms with E-state index in [1.54, 1.807) is 4.90 Å². The quantitative estimate of drug-likeness (QED) is 0.792. The van der Waals surface area contributed by atoms with Crippen LogP contribution in [0.2, 0.25) is 0 Å². The van der Waals surface area contributed by atoms with E-state index in [2.05, 4.69) is 4.90 Å². The molecule has 1 atom stereocenters. The van der Waals surface area contributed by atoms with Crippen molar-refractivity contribution in [3.8, 4) is 5.75 Å². The third kappa shape index (κ3) is 5.40. The van der Waals surface area contributed by atoms with Crippen LogP contribution in [0.4, 0.5) is 8.78 Å². The molecule has 1 aliphatic heterocycles. The number of hydrogen-bond acceptors (Lipinski definition) is 5. The van der Waals surface area contributed by atoms with E-state index in [0.717, 1.165) is 43.9 Å². The largest absolute Gasteiger partial charge is 0.490 e. The Morgan fingerprint density at radius 2 is 1.86 bits per heavy atom. The van der Waals surface area contributed by atoms with E-state index in [9.17, 15) is 18.7 Å². The second-order valence-corrected chi connectivity index (χ2v) is 7.78. The third-order valence-corrected chi connectivity index (χ3v) is 5.44. The molecule has 1 saturated carbocycles. The van der Waals surface area contributed by atoms with Gasteiger partial charge in [-0.15, -0.1) is 0 Å². The van der Waals surface area contributed by atoms with Crippen LogP contribution in [-0.4, -0.2) is 79.0 Å². The minimum atomic E-state index is -1.36. The van der Waals surface area contributed by atoms with Gasteiger partial charge in [0, 0.05) is 51.0 Å². The maximum atomic E-state index is 13.4. The first-order chi connectivity index (χ1) is 13.4. The number of aliphatic hydroxyl groups is 1. The van der Waals surface area contributed by atoms with Crippen LogP contribution in [0.5, 0.6) is 5.75 Å². The number of benzene rings is 1. The van der Waals surface area contributed by atoms with Gasteiger partial charge in [0.1, 0.15) is 36.2 Å². The molecule has 1 saturated heterocycles. The number of hydrogen-bond donors (Lipinski definition) is 1. The van der Waals surface area contributed by atoms with Crippen LogP contribution in [0.15, 0.2) is 18.2 Å². The Morgan fingerprint density at radius 1 is 1.18 bits per heavy atom. The van der Waals surface area contributed by atoms with Crippen molar-refractivity contribution < 1.29 is 28.2 Å². The number of carbonyl (C=O) groups excluding carboxylic acids is 1. The lowest BCUT2D eigenvalue weighted by Crippen LogP contribution is -2.53. The highest BCUT2D eigenvalue weighted by Gasteiger charge is 2.39. The van der Waals surface area contributed by atoms with Crippen molar-refractivity contribution in [3.05, 3.63) is 29.8 Å². The first-order valence-corrected chi connectivity index (χ1v) is 9.70. The van der Waals surface area contributed by atoms with E-state index in [1.807, 2.05) is 0 Å². The molecule has 0 spiro atoms. The molecular weight excluding hydrogens is 370 g/mol. The van der Waals surface area contributed by atoms with Gasteiger partial charge in [0.2, 0.25) is 5.91 Å². The topological polar surface area (TPSA) is 62.2 Å². The zero-order valence-corrected chi connectivity index (χ0v) is 16.2. The number of nitrogens with zero attached hydrogens (tertiary/aromatic N) is 2. The Kier molecular flexibility index (Phi) is 6.85. The number of halogens is 2. The van der Waals surface area contributed by atoms with Gasteiger partial charge < -0.3 is 19.5 Å². The van der Waals surface area contributed by atoms with Crippen molar-refractivity contribution in [2.75, 3.05) is 46.5 Å². The summed E-state index contributed by atoms with van der Waals surface area (Å²) < 4.78 is 37.3. The lowest BCUT2D eigenvalue weighted by molar-refractivity contribution is -0.138. The second kappa shape index (κ2) is 9.15. The molecule has 8 heteroatoms. The average molecular weight is 398 g/mol. The fourth-order valence-corrected chi connectivity index (χ4v) is 4.12. The van der Waals surface area contributed by atoms with Gasteiger partial charge in [0.25, 0.3) is 0 Å². The number of carbonyl (C=O) groups is 1. The molecule has 1 N–H and O–H groups in total. The smallest absolute Gasteiger partial charge is 0.248 e. The molecule has 1 aromatic rings. The highest BCUT2D eigenvalue weighted by Crippen LogP contribution is 2.27. The van der Waals surface area contributed by atoms with Crippen molar-refractivity contribution in [3.63, 3.8) is 0 Å². The monoisotopic (exact) mass is 398 g/mol. The summed E-state index contributed by atoms with van der Waals surface area (Å²) in [6, 6.07) is 3.29. The summed E-state index contributed by atoms with van der Waals surface area (Å²) in [4.78, 5) is 16.1. The molecule has 2 fully saturated rings. The van der Waals surface area contributed by atoms with Gasteiger partial charge >= 0.3 is 0 Å². The molecule has 1 aromatic carbocycles. The van der Waals surface area contributed by atoms with E-state index in [0.29, 0.717) is 25.7 Å². The van der Waals surface area contributed by atoms with Gasteiger partial charge in [-0.25, -0.2) is 8.78 Å². The third-order valence-electron chi connectivity index (χ3n) is 5.44. The molecule has 0 unspecified atom stereocenters. The first kappa shape index (κ1) is 21.0. The molecule has 6 nitrogen and oxygen atoms in total. The summed E-state index contributed by atoms with van der Waals surface area (Å²) in [5, 5.41) is 11.3. The Balaban J connectivity index is 1.74. The van der Waals surface area contributed by atoms with Crippen molar-refractivity contribution in [2.45, 2.75) is 37.3 Å². The fraction of sp³-hybridized carbons (Fsp3) is 0.650. The highest BCUT2D eigenvalue weighted by atomic mass is 19.1. The molecule has 1 heterocycles. The van der Waals surface area contributed by atoms with Crippen LogP contribution in [0.3, 0.4) is 0 Å². The Labute approximate surface area is 164 Å². The van der Waals surface area contributed by atoms with Crippen LogP contribution in [0, 0.1) is 11.6 Å². The average Bonchev–Trinajstić information content (AvgIpc) is 3.10. The lowest BCUT2D eigenvalue weighted by atomic mass is 10.0. The Hall–Kier alpha value is -1.77. The number of β-amino-alcohol motifs (C(OH)–C–C–N with tert-alkyl or cyclic N) is 1. The molecule has 1 amide bonds. The van der Waals surface area contributed by atoms with Crippen LogP contribution in [-0.2, 0) is 9.53 Å². The predicted octanol–water partition coefficient (Wildman–Crippen LogP) is 1.81. The van der Waals surface area contributed by atoms with E-state index < -0.39 is 17.2 Å². The van der Waals surface area contributed by atoms with E-state index in [-0.39, 0.29) is 31.4 Å². The number of methoxy groups -OCH3 is 1. The molecule has 0 aromatic heterocycles. The first-order valence-electron chi connectivity index (χ1n) is 9.70. The molecule has 0 bridgehead atoms. The van der Waals surface area contributed by atoms with Gasteiger partial charge in [-0.2, -0.15) is 0 Å². The lowest BCUT2D eigenvalue weighted by Gasteiger charge is -2.35. The van der Waals surface area contributed by atoms with E-state index in [4.69, 9.17) is 9.47 Å². The van der Waals surface area contributed by atoms with Gasteiger partial charge in [0.05, 0.1) is 6.54 Å². The van der Waals surface area contributed by atoms with E-state index in [1.165, 1.54) is 7.11 Å². The van der Waals surface area contributed by atoms with Gasteiger partial charge in [-0.3, -0.25) is 9.69 Å². The molecule has 1 aliphatic carbocycles. The van der Waals surface area contributed by atoms with Crippen molar-refractivity contribution in [1.29, 1.82) is 0 Å². The molecular formula is C20H28F2N2O4. The maximum absolute atomic E-state index is 13.4. The van der Waals surface area contributed by atoms with Gasteiger partial charge in [-0.05, 0) is 12.8 Å². The zero-order chi connectivity index (χ0) is 20.1.